The van der Waals surface area contributed by atoms with Crippen LogP contribution in [0.4, 0.5) is 34.1 Å². The molecule has 0 N–H and O–H groups in total. The van der Waals surface area contributed by atoms with E-state index in [1.807, 2.05) is 84.9 Å². The molecule has 0 aliphatic heterocycles. The van der Waals surface area contributed by atoms with Gasteiger partial charge in [-0.3, -0.25) is 0 Å². The lowest BCUT2D eigenvalue weighted by Gasteiger charge is -2.47. The van der Waals surface area contributed by atoms with Gasteiger partial charge in [-0.15, -0.1) is 0 Å². The first-order valence-corrected chi connectivity index (χ1v) is 31.2. The van der Waals surface area contributed by atoms with Gasteiger partial charge in [-0.1, -0.05) is 157 Å². The van der Waals surface area contributed by atoms with E-state index in [0.717, 1.165) is 111 Å². The third kappa shape index (κ3) is 6.99. The van der Waals surface area contributed by atoms with Gasteiger partial charge in [0.25, 0.3) is 0 Å². The van der Waals surface area contributed by atoms with Gasteiger partial charge in [0, 0.05) is 65.6 Å². The minimum Gasteiger partial charge on any atom is -0.309 e. The summed E-state index contributed by atoms with van der Waals surface area (Å²) in [6, 6.07) is 61.1. The number of aromatic nitrogens is 2. The van der Waals surface area contributed by atoms with Crippen LogP contribution in [-0.4, -0.2) is 8.80 Å². The molecular weight excluding hydrogens is 1040 g/mol. The van der Waals surface area contributed by atoms with Crippen molar-refractivity contribution in [3.05, 3.63) is 254 Å². The number of nitrogens with zero attached hydrogens (tertiary/aromatic N) is 4. The Bertz CT molecular complexity index is 5340. The molecule has 21 rings (SSSR count). The minimum absolute atomic E-state index is 0.0901. The Morgan fingerprint density at radius 2 is 0.721 bits per heavy atom. The summed E-state index contributed by atoms with van der Waals surface area (Å²) in [6.07, 6.45) is 14.5. The zero-order chi connectivity index (χ0) is 64.9. The number of hydrogen-bond donors (Lipinski definition) is 0. The molecule has 6 aliphatic rings. The molecule has 15 aromatic rings. The molecule has 0 saturated heterocycles. The van der Waals surface area contributed by atoms with Gasteiger partial charge in [0.2, 0.25) is 0 Å². The van der Waals surface area contributed by atoms with Crippen LogP contribution in [-0.2, 0) is 10.8 Å². The fourth-order valence-corrected chi connectivity index (χ4v) is 17.5. The average molecular weight is 1120 g/mol. The van der Waals surface area contributed by atoms with Gasteiger partial charge in [-0.2, -0.15) is 0 Å². The van der Waals surface area contributed by atoms with Crippen LogP contribution in [0.1, 0.15) is 102 Å². The fraction of sp³-hybridized carbons (Fsp3) is 0.195. The molecule has 4 nitrogen and oxygen atoms in total. The van der Waals surface area contributed by atoms with Gasteiger partial charge in [0.15, 0.2) is 0 Å². The van der Waals surface area contributed by atoms with E-state index in [2.05, 4.69) is 116 Å². The van der Waals surface area contributed by atoms with Crippen molar-refractivity contribution in [2.24, 2.45) is 11.8 Å². The summed E-state index contributed by atoms with van der Waals surface area (Å²) < 4.78 is 94.8. The second-order valence-corrected chi connectivity index (χ2v) is 25.6. The number of anilines is 6. The fourth-order valence-electron chi connectivity index (χ4n) is 17.5. The maximum absolute atomic E-state index is 9.32. The number of fused-ring (bicyclic) bond motifs is 18. The van der Waals surface area contributed by atoms with Crippen molar-refractivity contribution in [1.29, 1.82) is 0 Å². The van der Waals surface area contributed by atoms with Gasteiger partial charge in [-0.05, 0) is 207 Å². The Kier molecular flexibility index (Phi) is 8.64. The summed E-state index contributed by atoms with van der Waals surface area (Å²) in [5.74, 6) is 1.60. The molecule has 0 radical (unpaired) electrons. The Morgan fingerprint density at radius 3 is 1.13 bits per heavy atom. The molecule has 414 valence electrons. The lowest BCUT2D eigenvalue weighted by atomic mass is 9.58. The molecule has 4 bridgehead atoms. The smallest absolute Gasteiger partial charge is 0.0641 e. The van der Waals surface area contributed by atoms with E-state index in [4.69, 9.17) is 8.22 Å². The number of para-hydroxylation sites is 4. The molecule has 86 heavy (non-hydrogen) atoms. The number of rotatable bonds is 10. The first-order chi connectivity index (χ1) is 46.7. The van der Waals surface area contributed by atoms with Crippen LogP contribution in [0.25, 0.3) is 98.4 Å². The molecule has 4 aromatic heterocycles. The summed E-state index contributed by atoms with van der Waals surface area (Å²) in [5.41, 5.74) is 15.8. The van der Waals surface area contributed by atoms with E-state index >= 15 is 0 Å². The third-order valence-electron chi connectivity index (χ3n) is 21.7. The predicted octanol–water partition coefficient (Wildman–Crippen LogP) is 22.7. The molecule has 6 aliphatic carbocycles. The SMILES string of the molecule is [2H]c1c([2H])c([2H])c(-c2ccccc2N(c2ccccc2)c2ccc3c4cc5c(cc4n4c6ccc(C78CCC(CC7)CC8)cc6c2c34)c2ccc(N(c3ccccc3)c3ccccc3-c3c([2H])c([2H])c([2H])c([2H])c3[2H])c3c4cc(C67CCC(CC6)CC7)ccc4n5c23)c([2H])c1[2H]. The lowest BCUT2D eigenvalue weighted by molar-refractivity contribution is 0.136. The summed E-state index contributed by atoms with van der Waals surface area (Å²) in [7, 11) is 0. The van der Waals surface area contributed by atoms with Crippen LogP contribution in [0, 0.1) is 11.8 Å². The highest BCUT2D eigenvalue weighted by Gasteiger charge is 2.43. The van der Waals surface area contributed by atoms with Gasteiger partial charge < -0.3 is 18.6 Å². The van der Waals surface area contributed by atoms with E-state index in [-0.39, 0.29) is 70.3 Å². The number of benzene rings is 11. The Hall–Kier alpha value is -9.38. The zero-order valence-electron chi connectivity index (χ0n) is 57.7. The summed E-state index contributed by atoms with van der Waals surface area (Å²) in [6.45, 7) is 0. The molecule has 11 aromatic carbocycles. The molecule has 6 fully saturated rings. The van der Waals surface area contributed by atoms with E-state index < -0.39 is 12.1 Å². The lowest BCUT2D eigenvalue weighted by Crippen LogP contribution is -2.37. The van der Waals surface area contributed by atoms with E-state index in [1.165, 1.54) is 88.2 Å². The Morgan fingerprint density at radius 1 is 0.337 bits per heavy atom. The highest BCUT2D eigenvalue weighted by Crippen LogP contribution is 2.57. The number of hydrogen-bond acceptors (Lipinski definition) is 2. The van der Waals surface area contributed by atoms with Crippen molar-refractivity contribution in [3.63, 3.8) is 0 Å². The third-order valence-corrected chi connectivity index (χ3v) is 21.7. The first-order valence-electron chi connectivity index (χ1n) is 36.2. The van der Waals surface area contributed by atoms with Gasteiger partial charge >= 0.3 is 0 Å². The van der Waals surface area contributed by atoms with Gasteiger partial charge in [0.05, 0.1) is 69.6 Å². The topological polar surface area (TPSA) is 15.3 Å². The largest absolute Gasteiger partial charge is 0.309 e. The molecule has 0 spiro atoms. The maximum Gasteiger partial charge on any atom is 0.0641 e. The molecule has 0 atom stereocenters. The van der Waals surface area contributed by atoms with Crippen molar-refractivity contribution in [2.75, 3.05) is 9.80 Å². The first kappa shape index (κ1) is 40.0. The highest BCUT2D eigenvalue weighted by molar-refractivity contribution is 6.32. The molecule has 0 unspecified atom stereocenters. The van der Waals surface area contributed by atoms with Crippen molar-refractivity contribution in [3.8, 4) is 22.3 Å². The van der Waals surface area contributed by atoms with Crippen molar-refractivity contribution in [1.82, 2.24) is 8.80 Å². The Balaban J connectivity index is 0.905. The average Bonchev–Trinajstić information content (AvgIpc) is 1.52. The molecule has 6 saturated carbocycles. The second-order valence-electron chi connectivity index (χ2n) is 25.6. The van der Waals surface area contributed by atoms with Gasteiger partial charge in [0.1, 0.15) is 0 Å². The molecule has 4 heteroatoms. The minimum atomic E-state index is -0.427. The monoisotopic (exact) mass is 1120 g/mol. The Labute approximate surface area is 515 Å². The zero-order valence-corrected chi connectivity index (χ0v) is 47.7. The molecular formula is C82H66N4. The second kappa shape index (κ2) is 18.6. The van der Waals surface area contributed by atoms with Crippen LogP contribution in [0.15, 0.2) is 242 Å². The van der Waals surface area contributed by atoms with E-state index in [9.17, 15) is 5.48 Å². The van der Waals surface area contributed by atoms with Crippen LogP contribution in [0.3, 0.4) is 0 Å². The highest BCUT2D eigenvalue weighted by atomic mass is 15.2. The van der Waals surface area contributed by atoms with Crippen LogP contribution >= 0.6 is 0 Å². The van der Waals surface area contributed by atoms with Crippen LogP contribution in [0.5, 0.6) is 0 Å². The van der Waals surface area contributed by atoms with Crippen LogP contribution < -0.4 is 9.80 Å². The molecule has 4 heterocycles. The van der Waals surface area contributed by atoms with Crippen molar-refractivity contribution in [2.45, 2.75) is 87.9 Å². The summed E-state index contributed by atoms with van der Waals surface area (Å²) in [4.78, 5) is 4.48. The van der Waals surface area contributed by atoms with Crippen molar-refractivity contribution < 1.29 is 13.7 Å². The molecule has 0 amide bonds. The predicted molar refractivity (Wildman–Crippen MR) is 362 cm³/mol. The summed E-state index contributed by atoms with van der Waals surface area (Å²) in [5, 5.41) is 8.86. The van der Waals surface area contributed by atoms with Crippen molar-refractivity contribution >= 4 is 110 Å². The van der Waals surface area contributed by atoms with E-state index in [1.54, 1.807) is 0 Å². The van der Waals surface area contributed by atoms with Crippen LogP contribution in [0.2, 0.25) is 0 Å². The summed E-state index contributed by atoms with van der Waals surface area (Å²) >= 11 is 0. The normalized spacial score (nSPS) is 22.0. The van der Waals surface area contributed by atoms with Gasteiger partial charge in [-0.25, -0.2) is 0 Å². The quantitative estimate of drug-likeness (QED) is 0.136. The van der Waals surface area contributed by atoms with E-state index in [0.29, 0.717) is 22.5 Å². The maximum atomic E-state index is 9.32. The standard InChI is InChI=1S/C82H66N4/c1-5-17-55(18-6-1)61-25-13-15-27-69(61)83(59-21-9-3-10-22-59)73-35-31-63-65-51-76-66(52-75(65)85-71-33-29-57(49-67(71)77(73)79(63)85)81-43-37-53(38-44-81)39-45-81)64-32-36-74(84(60-23-11-4-12-24-60)70-28-16-14-26-62(70)56-19-7-2-8-20-56)78-68-50-58(30-34-72(68)86(76)80(64)78)82-46-40-54(41-47-82)42-48-82/h1-36,49-54H,37-48H2/i1D,2D,5D,6D,7D,8D,17D,18D,19D,20D.